The van der Waals surface area contributed by atoms with Gasteiger partial charge >= 0.3 is 30.2 Å². The highest BCUT2D eigenvalue weighted by Gasteiger charge is 2.51. The molecule has 5 nitrogen and oxygen atoms in total. The van der Waals surface area contributed by atoms with Gasteiger partial charge in [0.1, 0.15) is 0 Å². The molecular weight excluding hydrogens is 266 g/mol. The Balaban J connectivity index is 4.60. The summed E-state index contributed by atoms with van der Waals surface area (Å²) in [5, 5.41) is 0. The zero-order valence-corrected chi connectivity index (χ0v) is 7.52. The smallest absolute Gasteiger partial charge is 0.390 e. The van der Waals surface area contributed by atoms with E-state index >= 15 is 0 Å². The first-order valence-corrected chi connectivity index (χ1v) is 3.49. The second kappa shape index (κ2) is 5.01. The Morgan fingerprint density at radius 1 is 0.941 bits per heavy atom. The Morgan fingerprint density at radius 3 is 1.76 bits per heavy atom. The van der Waals surface area contributed by atoms with Crippen LogP contribution >= 0.6 is 0 Å². The molecule has 0 unspecified atom stereocenters. The van der Waals surface area contributed by atoms with E-state index < -0.39 is 36.9 Å². The number of alkyl halides is 6. The summed E-state index contributed by atoms with van der Waals surface area (Å²) < 4.78 is 76.2. The second-order valence-electron chi connectivity index (χ2n) is 2.30. The van der Waals surface area contributed by atoms with Crippen LogP contribution in [0, 0.1) is 0 Å². The van der Waals surface area contributed by atoms with Crippen LogP contribution in [0.3, 0.4) is 0 Å². The van der Waals surface area contributed by atoms with Crippen molar-refractivity contribution >= 4 is 17.9 Å². The molecule has 0 bridgehead atoms. The van der Waals surface area contributed by atoms with Crippen molar-refractivity contribution in [3.8, 4) is 0 Å². The number of carbonyl (C=O) groups excluding carboxylic acids is 3. The van der Waals surface area contributed by atoms with E-state index in [0.717, 1.165) is 0 Å². The van der Waals surface area contributed by atoms with Crippen LogP contribution in [0.4, 0.5) is 26.3 Å². The van der Waals surface area contributed by atoms with Gasteiger partial charge in [0.05, 0.1) is 0 Å². The maximum Gasteiger partial charge on any atom is 0.504 e. The van der Waals surface area contributed by atoms with Gasteiger partial charge in [-0.25, -0.2) is 18.8 Å². The summed E-state index contributed by atoms with van der Waals surface area (Å²) in [7, 11) is 0. The average Bonchev–Trinajstić information content (AvgIpc) is 2.15. The van der Waals surface area contributed by atoms with Crippen molar-refractivity contribution in [3.05, 3.63) is 0 Å². The van der Waals surface area contributed by atoms with E-state index in [4.69, 9.17) is 0 Å². The van der Waals surface area contributed by atoms with E-state index in [1.807, 2.05) is 0 Å². The summed E-state index contributed by atoms with van der Waals surface area (Å²) in [5.41, 5.74) is 0. The molecule has 0 aliphatic heterocycles. The third kappa shape index (κ3) is 4.70. The molecule has 0 atom stereocenters. The molecule has 0 fully saturated rings. The van der Waals surface area contributed by atoms with Crippen molar-refractivity contribution in [2.45, 2.75) is 12.3 Å². The Hall–Kier alpha value is -1.81. The first kappa shape index (κ1) is 15.2. The van der Waals surface area contributed by atoms with Gasteiger partial charge in [0.15, 0.2) is 6.67 Å². The maximum absolute atomic E-state index is 12.4. The van der Waals surface area contributed by atoms with Gasteiger partial charge < -0.3 is 9.47 Å². The highest BCUT2D eigenvalue weighted by Crippen LogP contribution is 2.22. The lowest BCUT2D eigenvalue weighted by Crippen LogP contribution is -2.40. The molecule has 0 amide bonds. The van der Waals surface area contributed by atoms with E-state index in [-0.39, 0.29) is 0 Å². The van der Waals surface area contributed by atoms with E-state index in [1.54, 1.807) is 0 Å². The first-order valence-electron chi connectivity index (χ1n) is 3.49. The molecule has 0 aromatic heterocycles. The zero-order chi connectivity index (χ0) is 13.9. The van der Waals surface area contributed by atoms with E-state index in [2.05, 4.69) is 9.47 Å². The third-order valence-corrected chi connectivity index (χ3v) is 1.01. The Labute approximate surface area is 88.3 Å². The number of esters is 3. The summed E-state index contributed by atoms with van der Waals surface area (Å²) in [6, 6.07) is 0. The van der Waals surface area contributed by atoms with Gasteiger partial charge in [-0.2, -0.15) is 22.0 Å². The van der Waals surface area contributed by atoms with Crippen molar-refractivity contribution in [2.24, 2.45) is 0 Å². The molecular formula is C6H2F6O5. The minimum Gasteiger partial charge on any atom is -0.390 e. The van der Waals surface area contributed by atoms with E-state index in [0.29, 0.717) is 0 Å². The van der Waals surface area contributed by atoms with Crippen molar-refractivity contribution in [2.75, 3.05) is 6.67 Å². The minimum absolute atomic E-state index is 2.05. The monoisotopic (exact) mass is 268 g/mol. The maximum atomic E-state index is 12.4. The van der Waals surface area contributed by atoms with Crippen LogP contribution < -0.4 is 0 Å². The highest BCUT2D eigenvalue weighted by atomic mass is 19.4. The number of rotatable bonds is 3. The Kier molecular flexibility index (Phi) is 4.48. The fourth-order valence-corrected chi connectivity index (χ4v) is 0.413. The fourth-order valence-electron chi connectivity index (χ4n) is 0.413. The zero-order valence-electron chi connectivity index (χ0n) is 7.52. The van der Waals surface area contributed by atoms with Crippen LogP contribution in [0.1, 0.15) is 0 Å². The second-order valence-corrected chi connectivity index (χ2v) is 2.30. The van der Waals surface area contributed by atoms with Gasteiger partial charge in [-0.15, -0.1) is 0 Å². The summed E-state index contributed by atoms with van der Waals surface area (Å²) in [5.74, 6) is -8.52. The standard InChI is InChI=1S/C6H2F6O5/c7-1-2(13)17-6(11,12)4(15)16-3(14)5(8,9)10/h1H2. The molecule has 0 heterocycles. The molecule has 0 aliphatic rings. The highest BCUT2D eigenvalue weighted by molar-refractivity contribution is 5.92. The van der Waals surface area contributed by atoms with Crippen molar-refractivity contribution in [1.29, 1.82) is 0 Å². The Morgan fingerprint density at radius 2 is 1.41 bits per heavy atom. The largest absolute Gasteiger partial charge is 0.504 e. The van der Waals surface area contributed by atoms with Crippen molar-refractivity contribution in [1.82, 2.24) is 0 Å². The van der Waals surface area contributed by atoms with E-state index in [9.17, 15) is 40.7 Å². The van der Waals surface area contributed by atoms with Crippen LogP contribution in [0.15, 0.2) is 0 Å². The molecule has 0 radical (unpaired) electrons. The van der Waals surface area contributed by atoms with Gasteiger partial charge in [-0.3, -0.25) is 0 Å². The molecule has 0 aliphatic carbocycles. The van der Waals surface area contributed by atoms with Gasteiger partial charge in [0.25, 0.3) is 0 Å². The SMILES string of the molecule is O=C(CF)OC(F)(F)C(=O)OC(=O)C(F)(F)F. The molecule has 0 aromatic carbocycles. The van der Waals surface area contributed by atoms with Gasteiger partial charge in [0, 0.05) is 0 Å². The predicted molar refractivity (Wildman–Crippen MR) is 34.2 cm³/mol. The normalized spacial score (nSPS) is 11.9. The lowest BCUT2D eigenvalue weighted by Gasteiger charge is -2.13. The van der Waals surface area contributed by atoms with E-state index in [1.165, 1.54) is 0 Å². The van der Waals surface area contributed by atoms with Crippen LogP contribution in [0.5, 0.6) is 0 Å². The summed E-state index contributed by atoms with van der Waals surface area (Å²) >= 11 is 0. The lowest BCUT2D eigenvalue weighted by atomic mass is 10.6. The van der Waals surface area contributed by atoms with Crippen LogP contribution in [-0.2, 0) is 23.9 Å². The van der Waals surface area contributed by atoms with Gasteiger partial charge in [0.2, 0.25) is 0 Å². The Bertz CT molecular complexity index is 334. The summed E-state index contributed by atoms with van der Waals surface area (Å²) in [4.78, 5) is 30.3. The van der Waals surface area contributed by atoms with Gasteiger partial charge in [-0.1, -0.05) is 0 Å². The fraction of sp³-hybridized carbons (Fsp3) is 0.500. The average molecular weight is 268 g/mol. The predicted octanol–water partition coefficient (Wildman–Crippen LogP) is 0.724. The van der Waals surface area contributed by atoms with Crippen molar-refractivity contribution in [3.63, 3.8) is 0 Å². The molecule has 0 saturated heterocycles. The molecule has 17 heavy (non-hydrogen) atoms. The first-order chi connectivity index (χ1) is 7.50. The van der Waals surface area contributed by atoms with Crippen LogP contribution in [0.2, 0.25) is 0 Å². The van der Waals surface area contributed by atoms with Gasteiger partial charge in [-0.05, 0) is 0 Å². The number of hydrogen-bond acceptors (Lipinski definition) is 5. The number of halogens is 6. The van der Waals surface area contributed by atoms with Crippen LogP contribution in [-0.4, -0.2) is 36.9 Å². The molecule has 0 spiro atoms. The molecule has 0 aromatic rings. The molecule has 0 saturated carbocycles. The lowest BCUT2D eigenvalue weighted by molar-refractivity contribution is -0.250. The third-order valence-electron chi connectivity index (χ3n) is 1.01. The molecule has 0 rings (SSSR count). The number of carbonyl (C=O) groups is 3. The van der Waals surface area contributed by atoms with Crippen molar-refractivity contribution < 1.29 is 50.2 Å². The summed E-state index contributed by atoms with van der Waals surface area (Å²) in [6.45, 7) is -2.05. The topological polar surface area (TPSA) is 69.7 Å². The number of hydrogen-bond donors (Lipinski definition) is 0. The molecule has 11 heteroatoms. The van der Waals surface area contributed by atoms with Crippen LogP contribution in [0.25, 0.3) is 0 Å². The minimum atomic E-state index is -5.68. The summed E-state index contributed by atoms with van der Waals surface area (Å²) in [6.07, 6.45) is -10.9. The molecule has 0 N–H and O–H groups in total. The number of ether oxygens (including phenoxy) is 2. The quantitative estimate of drug-likeness (QED) is 0.428. The molecule has 98 valence electrons.